The molecule has 0 amide bonds. The van der Waals surface area contributed by atoms with Crippen LogP contribution in [0.4, 0.5) is 11.4 Å². The van der Waals surface area contributed by atoms with Gasteiger partial charge in [0.2, 0.25) is 0 Å². The molecule has 1 aliphatic carbocycles. The van der Waals surface area contributed by atoms with Crippen LogP contribution in [0.5, 0.6) is 0 Å². The van der Waals surface area contributed by atoms with E-state index in [1.54, 1.807) is 0 Å². The summed E-state index contributed by atoms with van der Waals surface area (Å²) in [7, 11) is 0. The van der Waals surface area contributed by atoms with Gasteiger partial charge in [0, 0.05) is 21.0 Å². The summed E-state index contributed by atoms with van der Waals surface area (Å²) in [5.74, 6) is 0. The molecule has 0 heterocycles. The van der Waals surface area contributed by atoms with E-state index in [0.717, 1.165) is 5.69 Å². The molecule has 0 saturated heterocycles. The van der Waals surface area contributed by atoms with Gasteiger partial charge in [-0.15, -0.1) is 0 Å². The summed E-state index contributed by atoms with van der Waals surface area (Å²) in [4.78, 5) is 0. The van der Waals surface area contributed by atoms with Gasteiger partial charge in [0.05, 0.1) is 0 Å². The molecular formula is C13H19IN2. The Kier molecular flexibility index (Phi) is 3.33. The van der Waals surface area contributed by atoms with E-state index in [1.807, 2.05) is 12.1 Å². The Morgan fingerprint density at radius 2 is 2.19 bits per heavy atom. The second-order valence-electron chi connectivity index (χ2n) is 5.49. The van der Waals surface area contributed by atoms with Crippen LogP contribution in [-0.2, 0) is 0 Å². The van der Waals surface area contributed by atoms with Gasteiger partial charge in [-0.25, -0.2) is 0 Å². The number of benzene rings is 1. The summed E-state index contributed by atoms with van der Waals surface area (Å²) in [6.45, 7) is 4.70. The van der Waals surface area contributed by atoms with Crippen molar-refractivity contribution in [3.05, 3.63) is 21.8 Å². The average Bonchev–Trinajstić information content (AvgIpc) is 2.51. The summed E-state index contributed by atoms with van der Waals surface area (Å²) in [6, 6.07) is 6.68. The third kappa shape index (κ3) is 2.81. The van der Waals surface area contributed by atoms with E-state index < -0.39 is 0 Å². The average molecular weight is 330 g/mol. The number of nitrogens with one attached hydrogen (secondary N) is 1. The fraction of sp³-hybridized carbons (Fsp3) is 0.538. The highest BCUT2D eigenvalue weighted by Crippen LogP contribution is 2.38. The predicted molar refractivity (Wildman–Crippen MR) is 78.6 cm³/mol. The van der Waals surface area contributed by atoms with Crippen molar-refractivity contribution in [3.63, 3.8) is 0 Å². The lowest BCUT2D eigenvalue weighted by atomic mass is 9.92. The molecule has 1 saturated carbocycles. The first-order valence-corrected chi connectivity index (χ1v) is 6.86. The minimum absolute atomic E-state index is 0.497. The quantitative estimate of drug-likeness (QED) is 0.638. The molecule has 2 nitrogen and oxygen atoms in total. The largest absolute Gasteiger partial charge is 0.399 e. The summed E-state index contributed by atoms with van der Waals surface area (Å²) >= 11 is 2.34. The highest BCUT2D eigenvalue weighted by atomic mass is 127. The Hall–Kier alpha value is -0.450. The van der Waals surface area contributed by atoms with E-state index in [0.29, 0.717) is 11.5 Å². The van der Waals surface area contributed by atoms with E-state index in [1.165, 1.54) is 28.5 Å². The molecule has 0 bridgehead atoms. The molecule has 0 radical (unpaired) electrons. The van der Waals surface area contributed by atoms with Gasteiger partial charge >= 0.3 is 0 Å². The van der Waals surface area contributed by atoms with E-state index in [4.69, 9.17) is 5.73 Å². The molecule has 0 aliphatic heterocycles. The maximum absolute atomic E-state index is 5.75. The molecule has 1 aliphatic rings. The van der Waals surface area contributed by atoms with Crippen molar-refractivity contribution in [2.75, 3.05) is 11.1 Å². The Labute approximate surface area is 111 Å². The predicted octanol–water partition coefficient (Wildman–Crippen LogP) is 3.86. The van der Waals surface area contributed by atoms with E-state index in [9.17, 15) is 0 Å². The monoisotopic (exact) mass is 330 g/mol. The van der Waals surface area contributed by atoms with Crippen molar-refractivity contribution in [1.29, 1.82) is 0 Å². The lowest BCUT2D eigenvalue weighted by Gasteiger charge is -2.19. The fourth-order valence-corrected chi connectivity index (χ4v) is 3.12. The second-order valence-corrected chi connectivity index (χ2v) is 6.65. The number of nitrogen functional groups attached to an aromatic ring is 1. The highest BCUT2D eigenvalue weighted by molar-refractivity contribution is 14.1. The summed E-state index contributed by atoms with van der Waals surface area (Å²) in [5, 5.41) is 3.63. The van der Waals surface area contributed by atoms with Crippen LogP contribution in [-0.4, -0.2) is 6.04 Å². The Morgan fingerprint density at radius 3 is 2.75 bits per heavy atom. The van der Waals surface area contributed by atoms with Crippen molar-refractivity contribution in [1.82, 2.24) is 0 Å². The standard InChI is InChI=1S/C13H19IN2/c1-13(2)6-5-10(8-13)16-12-4-3-9(15)7-11(12)14/h3-4,7,10,16H,5-6,8,15H2,1-2H3. The van der Waals surface area contributed by atoms with Crippen molar-refractivity contribution in [3.8, 4) is 0 Å². The van der Waals surface area contributed by atoms with E-state index >= 15 is 0 Å². The number of rotatable bonds is 2. The zero-order chi connectivity index (χ0) is 11.8. The van der Waals surface area contributed by atoms with E-state index in [-0.39, 0.29) is 0 Å². The van der Waals surface area contributed by atoms with Crippen LogP contribution in [0.25, 0.3) is 0 Å². The first-order chi connectivity index (χ1) is 7.46. The third-order valence-corrected chi connectivity index (χ3v) is 4.21. The molecule has 88 valence electrons. The van der Waals surface area contributed by atoms with Crippen LogP contribution in [0.15, 0.2) is 18.2 Å². The molecule has 1 atom stereocenters. The first-order valence-electron chi connectivity index (χ1n) is 5.78. The van der Waals surface area contributed by atoms with Crippen LogP contribution in [0.3, 0.4) is 0 Å². The van der Waals surface area contributed by atoms with Gasteiger partial charge in [-0.3, -0.25) is 0 Å². The highest BCUT2D eigenvalue weighted by Gasteiger charge is 2.30. The second kappa shape index (κ2) is 4.43. The van der Waals surface area contributed by atoms with Gasteiger partial charge in [-0.05, 0) is 65.5 Å². The number of halogens is 1. The molecule has 1 aromatic rings. The van der Waals surface area contributed by atoms with Crippen molar-refractivity contribution >= 4 is 34.0 Å². The lowest BCUT2D eigenvalue weighted by molar-refractivity contribution is 0.378. The van der Waals surface area contributed by atoms with Crippen LogP contribution >= 0.6 is 22.6 Å². The van der Waals surface area contributed by atoms with Crippen LogP contribution in [0.2, 0.25) is 0 Å². The smallest absolute Gasteiger partial charge is 0.0479 e. The summed E-state index contributed by atoms with van der Waals surface area (Å²) in [5.41, 5.74) is 8.30. The van der Waals surface area contributed by atoms with Crippen LogP contribution in [0, 0.1) is 8.99 Å². The third-order valence-electron chi connectivity index (χ3n) is 3.32. The summed E-state index contributed by atoms with van der Waals surface area (Å²) in [6.07, 6.45) is 3.84. The zero-order valence-corrected chi connectivity index (χ0v) is 12.0. The molecule has 3 N–H and O–H groups in total. The number of anilines is 2. The Morgan fingerprint density at radius 1 is 1.44 bits per heavy atom. The number of hydrogen-bond acceptors (Lipinski definition) is 2. The maximum atomic E-state index is 5.75. The minimum Gasteiger partial charge on any atom is -0.399 e. The Balaban J connectivity index is 2.05. The minimum atomic E-state index is 0.497. The van der Waals surface area contributed by atoms with Crippen molar-refractivity contribution < 1.29 is 0 Å². The number of hydrogen-bond donors (Lipinski definition) is 2. The van der Waals surface area contributed by atoms with Crippen LogP contribution in [0.1, 0.15) is 33.1 Å². The maximum Gasteiger partial charge on any atom is 0.0479 e. The zero-order valence-electron chi connectivity index (χ0n) is 9.89. The molecule has 1 fully saturated rings. The fourth-order valence-electron chi connectivity index (χ4n) is 2.43. The van der Waals surface area contributed by atoms with Gasteiger partial charge in [0.25, 0.3) is 0 Å². The normalized spacial score (nSPS) is 23.3. The first kappa shape index (κ1) is 12.0. The lowest BCUT2D eigenvalue weighted by Crippen LogP contribution is -2.18. The van der Waals surface area contributed by atoms with Crippen molar-refractivity contribution in [2.24, 2.45) is 5.41 Å². The molecule has 1 unspecified atom stereocenters. The van der Waals surface area contributed by atoms with Gasteiger partial charge in [-0.1, -0.05) is 13.8 Å². The molecule has 0 aromatic heterocycles. The SMILES string of the molecule is CC1(C)CCC(Nc2ccc(N)cc2I)C1. The van der Waals surface area contributed by atoms with Gasteiger partial charge < -0.3 is 11.1 Å². The van der Waals surface area contributed by atoms with Gasteiger partial charge in [-0.2, -0.15) is 0 Å². The molecule has 0 spiro atoms. The molecule has 2 rings (SSSR count). The molecule has 1 aromatic carbocycles. The topological polar surface area (TPSA) is 38.0 Å². The molecule has 3 heteroatoms. The molecular weight excluding hydrogens is 311 g/mol. The van der Waals surface area contributed by atoms with Gasteiger partial charge in [0.1, 0.15) is 0 Å². The van der Waals surface area contributed by atoms with E-state index in [2.05, 4.69) is 47.8 Å². The van der Waals surface area contributed by atoms with Crippen LogP contribution < -0.4 is 11.1 Å². The summed E-state index contributed by atoms with van der Waals surface area (Å²) < 4.78 is 1.21. The van der Waals surface area contributed by atoms with Gasteiger partial charge in [0.15, 0.2) is 0 Å². The molecule has 16 heavy (non-hydrogen) atoms. The van der Waals surface area contributed by atoms with Crippen molar-refractivity contribution in [2.45, 2.75) is 39.2 Å². The number of nitrogens with two attached hydrogens (primary N) is 1. The Bertz CT molecular complexity index is 388.